The molecule has 0 aliphatic rings. The van der Waals surface area contributed by atoms with E-state index in [4.69, 9.17) is 4.98 Å². The second-order valence-electron chi connectivity index (χ2n) is 11.5. The predicted molar refractivity (Wildman–Crippen MR) is 159 cm³/mol. The molecule has 9 nitrogen and oxygen atoms in total. The number of aryl methyl sites for hydroxylation is 2. The number of imidazole rings is 1. The number of nitrogens with zero attached hydrogens (tertiary/aromatic N) is 6. The molecule has 6 rings (SSSR count). The predicted octanol–water partition coefficient (Wildman–Crippen LogP) is 5.39. The molecule has 0 bridgehead atoms. The van der Waals surface area contributed by atoms with E-state index in [1.54, 1.807) is 0 Å². The minimum Gasteiger partial charge on any atom is -0.319 e. The summed E-state index contributed by atoms with van der Waals surface area (Å²) < 4.78 is 2.06. The number of hydrogen-bond donors (Lipinski definition) is 2. The molecule has 0 saturated carbocycles. The molecule has 9 heteroatoms. The third-order valence-electron chi connectivity index (χ3n) is 7.13. The molecule has 0 aliphatic carbocycles. The molecule has 206 valence electrons. The summed E-state index contributed by atoms with van der Waals surface area (Å²) >= 11 is 0. The Labute approximate surface area is 237 Å². The van der Waals surface area contributed by atoms with Crippen LogP contribution >= 0.6 is 0 Å². The lowest BCUT2D eigenvalue weighted by molar-refractivity contribution is 0.394. The number of aromatic amines is 2. The molecule has 41 heavy (non-hydrogen) atoms. The SMILES string of the molecule is CC(C)(C)Cc1nc2c(CCc3ccccc3)n[nH]c(=O)c2n1Cc1ccc(-c2ccccc2-c2nn[nH]n2)cc1. The molecule has 0 unspecified atom stereocenters. The van der Waals surface area contributed by atoms with Crippen molar-refractivity contribution < 1.29 is 0 Å². The van der Waals surface area contributed by atoms with Gasteiger partial charge in [0.15, 0.2) is 0 Å². The Morgan fingerprint density at radius 1 is 0.805 bits per heavy atom. The molecule has 0 aliphatic heterocycles. The third-order valence-corrected chi connectivity index (χ3v) is 7.13. The Hall–Kier alpha value is -4.92. The van der Waals surface area contributed by atoms with Crippen LogP contribution in [0.3, 0.4) is 0 Å². The van der Waals surface area contributed by atoms with Crippen molar-refractivity contribution in [3.05, 3.63) is 112 Å². The number of nitrogens with one attached hydrogen (secondary N) is 2. The van der Waals surface area contributed by atoms with E-state index >= 15 is 0 Å². The smallest absolute Gasteiger partial charge is 0.290 e. The highest BCUT2D eigenvalue weighted by Gasteiger charge is 2.22. The molecule has 0 atom stereocenters. The van der Waals surface area contributed by atoms with Crippen molar-refractivity contribution in [1.29, 1.82) is 0 Å². The van der Waals surface area contributed by atoms with E-state index in [0.717, 1.165) is 46.6 Å². The van der Waals surface area contributed by atoms with Crippen molar-refractivity contribution in [3.63, 3.8) is 0 Å². The number of hydrogen-bond acceptors (Lipinski definition) is 6. The van der Waals surface area contributed by atoms with Crippen molar-refractivity contribution in [2.45, 2.75) is 46.6 Å². The van der Waals surface area contributed by atoms with E-state index in [1.807, 2.05) is 36.4 Å². The summed E-state index contributed by atoms with van der Waals surface area (Å²) in [5, 5.41) is 21.7. The van der Waals surface area contributed by atoms with E-state index in [2.05, 4.69) is 98.6 Å². The van der Waals surface area contributed by atoms with Gasteiger partial charge in [0.05, 0.1) is 5.69 Å². The minimum absolute atomic E-state index is 0.00770. The maximum Gasteiger partial charge on any atom is 0.290 e. The molecular weight excluding hydrogens is 512 g/mol. The Bertz CT molecular complexity index is 1830. The second kappa shape index (κ2) is 10.9. The molecule has 0 amide bonds. The lowest BCUT2D eigenvalue weighted by Crippen LogP contribution is -2.18. The summed E-state index contributed by atoms with van der Waals surface area (Å²) in [5.74, 6) is 1.44. The zero-order valence-electron chi connectivity index (χ0n) is 23.4. The lowest BCUT2D eigenvalue weighted by atomic mass is 9.92. The number of tetrazole rings is 1. The van der Waals surface area contributed by atoms with Gasteiger partial charge in [0.2, 0.25) is 5.82 Å². The first-order valence-corrected chi connectivity index (χ1v) is 13.8. The highest BCUT2D eigenvalue weighted by atomic mass is 16.1. The van der Waals surface area contributed by atoms with Crippen LogP contribution in [0.1, 0.15) is 43.4 Å². The van der Waals surface area contributed by atoms with Gasteiger partial charge in [-0.15, -0.1) is 10.2 Å². The molecule has 3 aromatic carbocycles. The fourth-order valence-electron chi connectivity index (χ4n) is 5.19. The van der Waals surface area contributed by atoms with Crippen LogP contribution in [-0.2, 0) is 25.8 Å². The van der Waals surface area contributed by atoms with Gasteiger partial charge in [-0.25, -0.2) is 10.1 Å². The molecule has 0 spiro atoms. The highest BCUT2D eigenvalue weighted by Crippen LogP contribution is 2.30. The maximum atomic E-state index is 13.2. The van der Waals surface area contributed by atoms with Crippen molar-refractivity contribution in [2.75, 3.05) is 0 Å². The fourth-order valence-corrected chi connectivity index (χ4v) is 5.19. The van der Waals surface area contributed by atoms with Crippen LogP contribution in [0.5, 0.6) is 0 Å². The molecule has 0 radical (unpaired) electrons. The molecule has 3 aromatic heterocycles. The average molecular weight is 545 g/mol. The fraction of sp³-hybridized carbons (Fsp3) is 0.250. The zero-order valence-corrected chi connectivity index (χ0v) is 23.4. The van der Waals surface area contributed by atoms with Crippen LogP contribution in [0.15, 0.2) is 83.7 Å². The van der Waals surface area contributed by atoms with Crippen LogP contribution in [-0.4, -0.2) is 40.4 Å². The van der Waals surface area contributed by atoms with E-state index in [-0.39, 0.29) is 11.0 Å². The van der Waals surface area contributed by atoms with Crippen LogP contribution in [0.2, 0.25) is 0 Å². The molecule has 0 saturated heterocycles. The van der Waals surface area contributed by atoms with Gasteiger partial charge in [-0.2, -0.15) is 10.3 Å². The summed E-state index contributed by atoms with van der Waals surface area (Å²) in [6.45, 7) is 7.09. The van der Waals surface area contributed by atoms with Gasteiger partial charge < -0.3 is 4.57 Å². The first kappa shape index (κ1) is 26.3. The summed E-state index contributed by atoms with van der Waals surface area (Å²) in [6, 6.07) is 26.7. The Kier molecular flexibility index (Phi) is 7.01. The Morgan fingerprint density at radius 3 is 2.24 bits per heavy atom. The van der Waals surface area contributed by atoms with Crippen LogP contribution in [0.4, 0.5) is 0 Å². The molecule has 2 N–H and O–H groups in total. The molecule has 3 heterocycles. The normalized spacial score (nSPS) is 11.8. The number of H-pyrrole nitrogens is 2. The molecule has 0 fully saturated rings. The first-order chi connectivity index (χ1) is 19.9. The lowest BCUT2D eigenvalue weighted by Gasteiger charge is -2.19. The van der Waals surface area contributed by atoms with Crippen molar-refractivity contribution in [2.24, 2.45) is 5.41 Å². The number of fused-ring (bicyclic) bond motifs is 1. The monoisotopic (exact) mass is 544 g/mol. The molecular formula is C32H32N8O. The van der Waals surface area contributed by atoms with Gasteiger partial charge in [0, 0.05) is 18.5 Å². The number of benzene rings is 3. The van der Waals surface area contributed by atoms with Gasteiger partial charge in [-0.1, -0.05) is 99.6 Å². The van der Waals surface area contributed by atoms with E-state index in [1.165, 1.54) is 5.56 Å². The quantitative estimate of drug-likeness (QED) is 0.265. The highest BCUT2D eigenvalue weighted by molar-refractivity contribution is 5.80. The summed E-state index contributed by atoms with van der Waals surface area (Å²) in [7, 11) is 0. The van der Waals surface area contributed by atoms with Gasteiger partial charge in [0.25, 0.3) is 5.56 Å². The van der Waals surface area contributed by atoms with Crippen LogP contribution < -0.4 is 5.56 Å². The largest absolute Gasteiger partial charge is 0.319 e. The van der Waals surface area contributed by atoms with Gasteiger partial charge in [0.1, 0.15) is 16.9 Å². The second-order valence-corrected chi connectivity index (χ2v) is 11.5. The summed E-state index contributed by atoms with van der Waals surface area (Å²) in [4.78, 5) is 18.2. The van der Waals surface area contributed by atoms with Crippen molar-refractivity contribution in [3.8, 4) is 22.5 Å². The third kappa shape index (κ3) is 5.70. The Balaban J connectivity index is 1.36. The van der Waals surface area contributed by atoms with E-state index in [9.17, 15) is 4.79 Å². The minimum atomic E-state index is -0.221. The van der Waals surface area contributed by atoms with Gasteiger partial charge in [-0.3, -0.25) is 4.79 Å². The van der Waals surface area contributed by atoms with Crippen LogP contribution in [0, 0.1) is 5.41 Å². The first-order valence-electron chi connectivity index (χ1n) is 13.8. The summed E-state index contributed by atoms with van der Waals surface area (Å²) in [6.07, 6.45) is 2.25. The van der Waals surface area contributed by atoms with Crippen molar-refractivity contribution >= 4 is 11.0 Å². The maximum absolute atomic E-state index is 13.2. The van der Waals surface area contributed by atoms with Crippen LogP contribution in [0.25, 0.3) is 33.5 Å². The van der Waals surface area contributed by atoms with E-state index < -0.39 is 0 Å². The van der Waals surface area contributed by atoms with E-state index in [0.29, 0.717) is 29.8 Å². The van der Waals surface area contributed by atoms with Gasteiger partial charge in [-0.05, 0) is 45.7 Å². The topological polar surface area (TPSA) is 118 Å². The summed E-state index contributed by atoms with van der Waals surface area (Å²) in [5.41, 5.74) is 7.12. The zero-order chi connectivity index (χ0) is 28.4. The molecule has 6 aromatic rings. The average Bonchev–Trinajstić information content (AvgIpc) is 3.62. The number of aromatic nitrogens is 8. The number of rotatable bonds is 8. The van der Waals surface area contributed by atoms with Crippen molar-refractivity contribution in [1.82, 2.24) is 40.4 Å². The standard InChI is InChI=1S/C32H32N8O/c1-32(2,3)19-27-33-28-26(18-15-21-9-5-4-6-10-21)34-37-31(41)29(28)40(27)20-22-13-16-23(17-14-22)24-11-7-8-12-25(24)30-35-38-39-36-30/h4-14,16-17H,15,18-20H2,1-3H3,(H,37,41)(H,35,36,38,39). The Morgan fingerprint density at radius 2 is 1.54 bits per heavy atom. The van der Waals surface area contributed by atoms with Gasteiger partial charge >= 0.3 is 0 Å².